The zero-order valence-electron chi connectivity index (χ0n) is 9.66. The lowest BCUT2D eigenvalue weighted by Gasteiger charge is -2.08. The maximum Gasteiger partial charge on any atom is 0.131 e. The van der Waals surface area contributed by atoms with Gasteiger partial charge in [-0.05, 0) is 24.3 Å². The van der Waals surface area contributed by atoms with Crippen LogP contribution in [0.25, 0.3) is 0 Å². The van der Waals surface area contributed by atoms with E-state index in [9.17, 15) is 4.39 Å². The molecule has 0 unspecified atom stereocenters. The van der Waals surface area contributed by atoms with Gasteiger partial charge in [-0.2, -0.15) is 5.26 Å². The molecule has 0 aromatic heterocycles. The van der Waals surface area contributed by atoms with Crippen molar-refractivity contribution in [2.24, 2.45) is 0 Å². The van der Waals surface area contributed by atoms with Gasteiger partial charge in [0.05, 0.1) is 21.7 Å². The highest BCUT2D eigenvalue weighted by Crippen LogP contribution is 2.27. The number of ether oxygens (including phenoxy) is 1. The fourth-order valence-corrected chi connectivity index (χ4v) is 1.75. The summed E-state index contributed by atoms with van der Waals surface area (Å²) in [6.45, 7) is 0.0511. The molecule has 0 atom stereocenters. The first-order valence-electron chi connectivity index (χ1n) is 5.36. The van der Waals surface area contributed by atoms with Crippen molar-refractivity contribution in [2.75, 3.05) is 0 Å². The third kappa shape index (κ3) is 3.37. The number of nitrogens with zero attached hydrogens (tertiary/aromatic N) is 1. The van der Waals surface area contributed by atoms with Crippen LogP contribution in [0.1, 0.15) is 11.1 Å². The van der Waals surface area contributed by atoms with E-state index >= 15 is 0 Å². The van der Waals surface area contributed by atoms with Crippen molar-refractivity contribution in [2.45, 2.75) is 6.61 Å². The second-order valence-corrected chi connectivity index (χ2v) is 4.60. The summed E-state index contributed by atoms with van der Waals surface area (Å²) < 4.78 is 19.0. The number of hydrogen-bond donors (Lipinski definition) is 0. The summed E-state index contributed by atoms with van der Waals surface area (Å²) in [6, 6.07) is 10.9. The van der Waals surface area contributed by atoms with Gasteiger partial charge in [-0.25, -0.2) is 4.39 Å². The van der Waals surface area contributed by atoms with Gasteiger partial charge in [-0.1, -0.05) is 29.3 Å². The summed E-state index contributed by atoms with van der Waals surface area (Å²) in [6.07, 6.45) is 0. The molecule has 5 heteroatoms. The van der Waals surface area contributed by atoms with Crippen LogP contribution in [0, 0.1) is 17.1 Å². The molecular weight excluding hydrogens is 288 g/mol. The molecule has 0 fully saturated rings. The molecule has 2 aromatic carbocycles. The average Bonchev–Trinajstić information content (AvgIpc) is 2.41. The van der Waals surface area contributed by atoms with Gasteiger partial charge in [0.25, 0.3) is 0 Å². The van der Waals surface area contributed by atoms with Crippen LogP contribution in [0.4, 0.5) is 4.39 Å². The lowest BCUT2D eigenvalue weighted by atomic mass is 10.1. The zero-order chi connectivity index (χ0) is 13.8. The van der Waals surface area contributed by atoms with Gasteiger partial charge in [-0.15, -0.1) is 0 Å². The number of nitriles is 1. The lowest BCUT2D eigenvalue weighted by molar-refractivity contribution is 0.300. The lowest BCUT2D eigenvalue weighted by Crippen LogP contribution is -1.99. The molecule has 0 heterocycles. The predicted octanol–water partition coefficient (Wildman–Crippen LogP) is 4.58. The smallest absolute Gasteiger partial charge is 0.131 e. The molecular formula is C14H8Cl2FNO. The minimum absolute atomic E-state index is 0.0511. The van der Waals surface area contributed by atoms with Crippen LogP contribution in [-0.2, 0) is 6.61 Å². The third-order valence-corrected chi connectivity index (χ3v) is 3.21. The molecule has 0 saturated carbocycles. The minimum Gasteiger partial charge on any atom is -0.489 e. The van der Waals surface area contributed by atoms with Crippen molar-refractivity contribution in [3.8, 4) is 11.8 Å². The van der Waals surface area contributed by atoms with Crippen LogP contribution in [-0.4, -0.2) is 0 Å². The number of benzene rings is 2. The van der Waals surface area contributed by atoms with Crippen molar-refractivity contribution in [3.05, 3.63) is 63.4 Å². The fraction of sp³-hybridized carbons (Fsp3) is 0.0714. The maximum atomic E-state index is 13.6. The second kappa shape index (κ2) is 5.92. The normalized spacial score (nSPS) is 10.0. The molecule has 0 bridgehead atoms. The Morgan fingerprint density at radius 3 is 2.53 bits per heavy atom. The Hall–Kier alpha value is -1.76. The van der Waals surface area contributed by atoms with E-state index < -0.39 is 5.82 Å². The highest BCUT2D eigenvalue weighted by atomic mass is 35.5. The summed E-state index contributed by atoms with van der Waals surface area (Å²) in [4.78, 5) is 0. The topological polar surface area (TPSA) is 33.0 Å². The molecule has 0 aliphatic heterocycles. The van der Waals surface area contributed by atoms with Crippen LogP contribution < -0.4 is 4.74 Å². The van der Waals surface area contributed by atoms with Crippen LogP contribution in [0.2, 0.25) is 10.0 Å². The number of halogens is 3. The summed E-state index contributed by atoms with van der Waals surface area (Å²) in [5.74, 6) is 0.0253. The Morgan fingerprint density at radius 1 is 1.11 bits per heavy atom. The monoisotopic (exact) mass is 295 g/mol. The molecule has 2 aromatic rings. The highest BCUT2D eigenvalue weighted by molar-refractivity contribution is 6.42. The van der Waals surface area contributed by atoms with Crippen LogP contribution in [0.15, 0.2) is 36.4 Å². The largest absolute Gasteiger partial charge is 0.489 e. The van der Waals surface area contributed by atoms with E-state index in [1.54, 1.807) is 18.2 Å². The first kappa shape index (κ1) is 13.7. The third-order valence-electron chi connectivity index (χ3n) is 2.47. The molecule has 0 radical (unpaired) electrons. The Balaban J connectivity index is 2.10. The van der Waals surface area contributed by atoms with E-state index in [1.165, 1.54) is 18.2 Å². The molecule has 0 saturated heterocycles. The summed E-state index contributed by atoms with van der Waals surface area (Å²) in [5, 5.41) is 9.45. The van der Waals surface area contributed by atoms with Crippen molar-refractivity contribution >= 4 is 23.2 Å². The van der Waals surface area contributed by atoms with E-state index in [1.807, 2.05) is 6.07 Å². The van der Waals surface area contributed by atoms with Crippen LogP contribution >= 0.6 is 23.2 Å². The molecule has 0 aliphatic carbocycles. The van der Waals surface area contributed by atoms with Crippen LogP contribution in [0.5, 0.6) is 5.75 Å². The molecule has 0 amide bonds. The van der Waals surface area contributed by atoms with Gasteiger partial charge in [0, 0.05) is 11.6 Å². The van der Waals surface area contributed by atoms with Crippen molar-refractivity contribution < 1.29 is 9.13 Å². The van der Waals surface area contributed by atoms with Gasteiger partial charge in [-0.3, -0.25) is 0 Å². The number of hydrogen-bond acceptors (Lipinski definition) is 2. The van der Waals surface area contributed by atoms with Gasteiger partial charge in [0.2, 0.25) is 0 Å². The highest BCUT2D eigenvalue weighted by Gasteiger charge is 2.05. The first-order chi connectivity index (χ1) is 9.10. The Bertz CT molecular complexity index is 652. The van der Waals surface area contributed by atoms with Crippen molar-refractivity contribution in [3.63, 3.8) is 0 Å². The van der Waals surface area contributed by atoms with E-state index in [4.69, 9.17) is 33.2 Å². The molecule has 2 rings (SSSR count). The average molecular weight is 296 g/mol. The van der Waals surface area contributed by atoms with E-state index in [-0.39, 0.29) is 12.2 Å². The van der Waals surface area contributed by atoms with Crippen molar-refractivity contribution in [1.82, 2.24) is 0 Å². The Morgan fingerprint density at radius 2 is 1.89 bits per heavy atom. The summed E-state index contributed by atoms with van der Waals surface area (Å²) in [7, 11) is 0. The summed E-state index contributed by atoms with van der Waals surface area (Å²) >= 11 is 11.6. The maximum absolute atomic E-state index is 13.6. The molecule has 2 nitrogen and oxygen atoms in total. The van der Waals surface area contributed by atoms with Gasteiger partial charge in [0.15, 0.2) is 0 Å². The molecule has 96 valence electrons. The van der Waals surface area contributed by atoms with E-state index in [0.29, 0.717) is 21.4 Å². The predicted molar refractivity (Wildman–Crippen MR) is 71.9 cm³/mol. The molecule has 19 heavy (non-hydrogen) atoms. The molecule has 0 N–H and O–H groups in total. The Kier molecular flexibility index (Phi) is 4.26. The van der Waals surface area contributed by atoms with E-state index in [2.05, 4.69) is 0 Å². The molecule has 0 aliphatic rings. The quantitative estimate of drug-likeness (QED) is 0.830. The van der Waals surface area contributed by atoms with Crippen molar-refractivity contribution in [1.29, 1.82) is 5.26 Å². The minimum atomic E-state index is -0.473. The van der Waals surface area contributed by atoms with Crippen LogP contribution in [0.3, 0.4) is 0 Å². The number of rotatable bonds is 3. The fourth-order valence-electron chi connectivity index (χ4n) is 1.46. The Labute approximate surface area is 119 Å². The zero-order valence-corrected chi connectivity index (χ0v) is 11.2. The van der Waals surface area contributed by atoms with Gasteiger partial charge >= 0.3 is 0 Å². The van der Waals surface area contributed by atoms with Gasteiger partial charge in [0.1, 0.15) is 18.2 Å². The first-order valence-corrected chi connectivity index (χ1v) is 6.12. The second-order valence-electron chi connectivity index (χ2n) is 3.78. The van der Waals surface area contributed by atoms with E-state index in [0.717, 1.165) is 0 Å². The molecule has 0 spiro atoms. The standard InChI is InChI=1S/C14H8Cl2FNO/c15-12-4-3-11(6-13(12)16)19-8-10-2-1-9(7-18)5-14(10)17/h1-6H,8H2. The SMILES string of the molecule is N#Cc1ccc(COc2ccc(Cl)c(Cl)c2)c(F)c1. The summed E-state index contributed by atoms with van der Waals surface area (Å²) in [5.41, 5.74) is 0.640. The van der Waals surface area contributed by atoms with Gasteiger partial charge < -0.3 is 4.74 Å².